The number of fused-ring (bicyclic) bond motifs is 1. The van der Waals surface area contributed by atoms with E-state index in [-0.39, 0.29) is 17.2 Å². The Hall–Kier alpha value is -1.84. The van der Waals surface area contributed by atoms with E-state index in [1.54, 1.807) is 0 Å². The van der Waals surface area contributed by atoms with Gasteiger partial charge in [0.25, 0.3) is 0 Å². The molecule has 132 valence electrons. The largest absolute Gasteiger partial charge is 0.356 e. The average molecular weight is 330 g/mol. The molecule has 0 spiro atoms. The van der Waals surface area contributed by atoms with Crippen LogP contribution < -0.4 is 10.2 Å². The van der Waals surface area contributed by atoms with Crippen molar-refractivity contribution in [1.82, 2.24) is 5.32 Å². The molecule has 2 rings (SSSR count). The van der Waals surface area contributed by atoms with Gasteiger partial charge < -0.3 is 10.2 Å². The zero-order valence-electron chi connectivity index (χ0n) is 15.4. The van der Waals surface area contributed by atoms with E-state index in [0.29, 0.717) is 31.7 Å². The lowest BCUT2D eigenvalue weighted by atomic mass is 9.80. The number of para-hydroxylation sites is 1. The molecule has 4 nitrogen and oxygen atoms in total. The molecule has 0 saturated heterocycles. The third kappa shape index (κ3) is 4.83. The van der Waals surface area contributed by atoms with Crippen LogP contribution in [0.1, 0.15) is 52.5 Å². The summed E-state index contributed by atoms with van der Waals surface area (Å²) in [5, 5.41) is 2.94. The molecule has 0 aromatic heterocycles. The number of carbonyl (C=O) groups is 2. The van der Waals surface area contributed by atoms with Gasteiger partial charge in [0.05, 0.1) is 0 Å². The number of benzene rings is 1. The number of hydrogen-bond acceptors (Lipinski definition) is 2. The Balaban J connectivity index is 1.70. The van der Waals surface area contributed by atoms with E-state index in [2.05, 4.69) is 39.1 Å². The van der Waals surface area contributed by atoms with Crippen molar-refractivity contribution >= 4 is 17.5 Å². The number of anilines is 1. The minimum atomic E-state index is 0.0800. The van der Waals surface area contributed by atoms with E-state index in [4.69, 9.17) is 0 Å². The summed E-state index contributed by atoms with van der Waals surface area (Å²) in [5.74, 6) is 0.564. The Bertz CT molecular complexity index is 590. The summed E-state index contributed by atoms with van der Waals surface area (Å²) in [6.07, 6.45) is 2.64. The van der Waals surface area contributed by atoms with Crippen LogP contribution in [0, 0.1) is 11.3 Å². The summed E-state index contributed by atoms with van der Waals surface area (Å²) in [6.45, 7) is 9.89. The van der Waals surface area contributed by atoms with Crippen molar-refractivity contribution in [2.24, 2.45) is 11.3 Å². The van der Waals surface area contributed by atoms with Crippen LogP contribution in [0.5, 0.6) is 0 Å². The Morgan fingerprint density at radius 2 is 1.96 bits per heavy atom. The fourth-order valence-electron chi connectivity index (χ4n) is 2.86. The lowest BCUT2D eigenvalue weighted by molar-refractivity contribution is -0.123. The maximum atomic E-state index is 12.4. The number of carbonyl (C=O) groups excluding carboxylic acids is 2. The second kappa shape index (κ2) is 7.82. The van der Waals surface area contributed by atoms with E-state index < -0.39 is 0 Å². The van der Waals surface area contributed by atoms with Gasteiger partial charge in [0.2, 0.25) is 11.8 Å². The molecule has 1 heterocycles. The number of rotatable bonds is 6. The zero-order chi connectivity index (χ0) is 17.7. The van der Waals surface area contributed by atoms with Crippen molar-refractivity contribution in [3.63, 3.8) is 0 Å². The van der Waals surface area contributed by atoms with Gasteiger partial charge in [0.1, 0.15) is 0 Å². The number of hydrogen-bond donors (Lipinski definition) is 1. The minimum absolute atomic E-state index is 0.0800. The lowest BCUT2D eigenvalue weighted by Crippen LogP contribution is -2.32. The van der Waals surface area contributed by atoms with Crippen molar-refractivity contribution in [2.45, 2.75) is 53.4 Å². The summed E-state index contributed by atoms with van der Waals surface area (Å²) in [7, 11) is 0. The first-order valence-electron chi connectivity index (χ1n) is 8.94. The van der Waals surface area contributed by atoms with Crippen molar-refractivity contribution in [3.8, 4) is 0 Å². The van der Waals surface area contributed by atoms with E-state index in [1.165, 1.54) is 5.56 Å². The van der Waals surface area contributed by atoms with Crippen molar-refractivity contribution in [2.75, 3.05) is 18.0 Å². The SMILES string of the molecule is CC(CC(=O)NCCCC(=O)N1CCc2ccccc21)C(C)(C)C. The normalized spacial score (nSPS) is 15.1. The van der Waals surface area contributed by atoms with Crippen LogP contribution >= 0.6 is 0 Å². The molecule has 1 atom stereocenters. The molecule has 4 heteroatoms. The highest BCUT2D eigenvalue weighted by Gasteiger charge is 2.24. The van der Waals surface area contributed by atoms with Crippen LogP contribution in [0.2, 0.25) is 0 Å². The molecule has 1 aliphatic rings. The molecule has 0 aliphatic carbocycles. The molecule has 0 saturated carbocycles. The van der Waals surface area contributed by atoms with E-state index in [0.717, 1.165) is 18.7 Å². The van der Waals surface area contributed by atoms with Crippen LogP contribution in [-0.2, 0) is 16.0 Å². The minimum Gasteiger partial charge on any atom is -0.356 e. The third-order valence-corrected chi connectivity index (χ3v) is 5.05. The Kier molecular flexibility index (Phi) is 6.03. The molecule has 0 radical (unpaired) electrons. The molecule has 0 fully saturated rings. The van der Waals surface area contributed by atoms with Gasteiger partial charge in [-0.2, -0.15) is 0 Å². The molecule has 0 bridgehead atoms. The van der Waals surface area contributed by atoms with Crippen LogP contribution in [-0.4, -0.2) is 24.9 Å². The standard InChI is InChI=1S/C20H30N2O2/c1-15(20(2,3)4)14-18(23)21-12-7-10-19(24)22-13-11-16-8-5-6-9-17(16)22/h5-6,8-9,15H,7,10-14H2,1-4H3,(H,21,23). The molecule has 1 aromatic carbocycles. The highest BCUT2D eigenvalue weighted by atomic mass is 16.2. The second-order valence-corrected chi connectivity index (χ2v) is 7.85. The van der Waals surface area contributed by atoms with Crippen LogP contribution in [0.25, 0.3) is 0 Å². The number of amides is 2. The van der Waals surface area contributed by atoms with Crippen LogP contribution in [0.3, 0.4) is 0 Å². The highest BCUT2D eigenvalue weighted by molar-refractivity contribution is 5.95. The Morgan fingerprint density at radius 1 is 1.25 bits per heavy atom. The first-order valence-corrected chi connectivity index (χ1v) is 8.94. The van der Waals surface area contributed by atoms with Gasteiger partial charge in [0, 0.05) is 31.6 Å². The maximum absolute atomic E-state index is 12.4. The van der Waals surface area contributed by atoms with Crippen LogP contribution in [0.4, 0.5) is 5.69 Å². The van der Waals surface area contributed by atoms with E-state index >= 15 is 0 Å². The van der Waals surface area contributed by atoms with Gasteiger partial charge in [-0.1, -0.05) is 45.9 Å². The summed E-state index contributed by atoms with van der Waals surface area (Å²) in [4.78, 5) is 26.2. The molecule has 1 aliphatic heterocycles. The Morgan fingerprint density at radius 3 is 2.67 bits per heavy atom. The fraction of sp³-hybridized carbons (Fsp3) is 0.600. The molecule has 24 heavy (non-hydrogen) atoms. The Labute approximate surface area is 145 Å². The van der Waals surface area contributed by atoms with Gasteiger partial charge in [-0.15, -0.1) is 0 Å². The van der Waals surface area contributed by atoms with Gasteiger partial charge in [-0.05, 0) is 35.8 Å². The number of nitrogens with zero attached hydrogens (tertiary/aromatic N) is 1. The summed E-state index contributed by atoms with van der Waals surface area (Å²) in [6, 6.07) is 8.08. The molecular formula is C20H30N2O2. The van der Waals surface area contributed by atoms with Gasteiger partial charge >= 0.3 is 0 Å². The van der Waals surface area contributed by atoms with Crippen molar-refractivity contribution < 1.29 is 9.59 Å². The van der Waals surface area contributed by atoms with Crippen LogP contribution in [0.15, 0.2) is 24.3 Å². The quantitative estimate of drug-likeness (QED) is 0.811. The second-order valence-electron chi connectivity index (χ2n) is 7.85. The summed E-state index contributed by atoms with van der Waals surface area (Å²) in [5.41, 5.74) is 2.43. The van der Waals surface area contributed by atoms with E-state index in [1.807, 2.05) is 23.1 Å². The lowest BCUT2D eigenvalue weighted by Gasteiger charge is -2.26. The number of nitrogens with one attached hydrogen (secondary N) is 1. The fourth-order valence-corrected chi connectivity index (χ4v) is 2.86. The van der Waals surface area contributed by atoms with Gasteiger partial charge in [-0.3, -0.25) is 9.59 Å². The van der Waals surface area contributed by atoms with Gasteiger partial charge in [0.15, 0.2) is 0 Å². The molecule has 1 aromatic rings. The van der Waals surface area contributed by atoms with E-state index in [9.17, 15) is 9.59 Å². The monoisotopic (exact) mass is 330 g/mol. The zero-order valence-corrected chi connectivity index (χ0v) is 15.4. The predicted octanol–water partition coefficient (Wildman–Crippen LogP) is 3.54. The summed E-state index contributed by atoms with van der Waals surface area (Å²) < 4.78 is 0. The predicted molar refractivity (Wildman–Crippen MR) is 98.0 cm³/mol. The first kappa shape index (κ1) is 18.5. The van der Waals surface area contributed by atoms with Crippen molar-refractivity contribution in [1.29, 1.82) is 0 Å². The molecule has 1 unspecified atom stereocenters. The molecule has 2 amide bonds. The smallest absolute Gasteiger partial charge is 0.227 e. The summed E-state index contributed by atoms with van der Waals surface area (Å²) >= 11 is 0. The molecular weight excluding hydrogens is 300 g/mol. The van der Waals surface area contributed by atoms with Gasteiger partial charge in [-0.25, -0.2) is 0 Å². The highest BCUT2D eigenvalue weighted by Crippen LogP contribution is 2.28. The average Bonchev–Trinajstić information content (AvgIpc) is 2.94. The third-order valence-electron chi connectivity index (χ3n) is 5.05. The first-order chi connectivity index (χ1) is 11.3. The maximum Gasteiger partial charge on any atom is 0.227 e. The topological polar surface area (TPSA) is 49.4 Å². The van der Waals surface area contributed by atoms with Crippen molar-refractivity contribution in [3.05, 3.63) is 29.8 Å². The molecule has 1 N–H and O–H groups in total.